The highest BCUT2D eigenvalue weighted by molar-refractivity contribution is 6.30. The van der Waals surface area contributed by atoms with Crippen LogP contribution in [0.5, 0.6) is 0 Å². The second-order valence-electron chi connectivity index (χ2n) is 7.55. The number of halogens is 1. The molecule has 1 aliphatic rings. The number of hydrogen-bond donors (Lipinski definition) is 1. The number of likely N-dealkylation sites (tertiary alicyclic amines) is 1. The number of nitrogens with zero attached hydrogens (tertiary/aromatic N) is 2. The van der Waals surface area contributed by atoms with Crippen LogP contribution in [0.25, 0.3) is 0 Å². The Labute approximate surface area is 177 Å². The van der Waals surface area contributed by atoms with E-state index in [1.54, 1.807) is 6.20 Å². The molecule has 1 aromatic heterocycles. The van der Waals surface area contributed by atoms with Crippen molar-refractivity contribution < 1.29 is 9.59 Å². The van der Waals surface area contributed by atoms with Crippen LogP contribution in [0.1, 0.15) is 49.9 Å². The summed E-state index contributed by atoms with van der Waals surface area (Å²) in [6, 6.07) is 13.2. The largest absolute Gasteiger partial charge is 0.347 e. The highest BCUT2D eigenvalue weighted by atomic mass is 35.5. The topological polar surface area (TPSA) is 62.3 Å². The minimum atomic E-state index is -0.204. The Bertz CT molecular complexity index is 803. The van der Waals surface area contributed by atoms with Crippen molar-refractivity contribution in [1.29, 1.82) is 0 Å². The van der Waals surface area contributed by atoms with E-state index in [1.165, 1.54) is 0 Å². The first kappa shape index (κ1) is 21.3. The molecule has 0 bridgehead atoms. The van der Waals surface area contributed by atoms with Crippen LogP contribution in [0.4, 0.5) is 0 Å². The predicted molar refractivity (Wildman–Crippen MR) is 114 cm³/mol. The molecule has 6 heteroatoms. The van der Waals surface area contributed by atoms with Crippen LogP contribution in [0.2, 0.25) is 5.02 Å². The van der Waals surface area contributed by atoms with Crippen LogP contribution in [0, 0.1) is 5.92 Å². The number of amides is 2. The van der Waals surface area contributed by atoms with Crippen molar-refractivity contribution in [1.82, 2.24) is 15.2 Å². The Kier molecular flexibility index (Phi) is 7.64. The fourth-order valence-electron chi connectivity index (χ4n) is 3.72. The second-order valence-corrected chi connectivity index (χ2v) is 7.99. The number of pyridine rings is 1. The molecule has 5 nitrogen and oxygen atoms in total. The van der Waals surface area contributed by atoms with E-state index in [-0.39, 0.29) is 23.8 Å². The monoisotopic (exact) mass is 413 g/mol. The van der Waals surface area contributed by atoms with E-state index in [0.717, 1.165) is 17.7 Å². The van der Waals surface area contributed by atoms with Crippen LogP contribution in [-0.4, -0.2) is 34.8 Å². The first-order chi connectivity index (χ1) is 14.1. The van der Waals surface area contributed by atoms with Crippen LogP contribution in [-0.2, 0) is 16.0 Å². The van der Waals surface area contributed by atoms with Gasteiger partial charge in [0.05, 0.1) is 11.7 Å². The highest BCUT2D eigenvalue weighted by Gasteiger charge is 2.28. The molecule has 1 fully saturated rings. The molecule has 1 N–H and O–H groups in total. The molecule has 1 atom stereocenters. The SMILES string of the molecule is CCCC(=O)N1CCC(C(=O)NC(Cc2ccc(Cl)cc2)c2ccccn2)CC1. The van der Waals surface area contributed by atoms with Crippen molar-refractivity contribution in [2.24, 2.45) is 5.92 Å². The Hall–Kier alpha value is -2.40. The maximum absolute atomic E-state index is 13.0. The summed E-state index contributed by atoms with van der Waals surface area (Å²) in [6.45, 7) is 3.32. The van der Waals surface area contributed by atoms with Gasteiger partial charge in [0.2, 0.25) is 11.8 Å². The normalized spacial score (nSPS) is 15.7. The van der Waals surface area contributed by atoms with E-state index >= 15 is 0 Å². The number of nitrogens with one attached hydrogen (secondary N) is 1. The average molecular weight is 414 g/mol. The van der Waals surface area contributed by atoms with Gasteiger partial charge in [-0.1, -0.05) is 36.7 Å². The summed E-state index contributed by atoms with van der Waals surface area (Å²) >= 11 is 5.99. The molecule has 0 spiro atoms. The maximum atomic E-state index is 13.0. The third kappa shape index (κ3) is 6.04. The Morgan fingerprint density at radius 1 is 1.17 bits per heavy atom. The Morgan fingerprint density at radius 2 is 1.90 bits per heavy atom. The van der Waals surface area contributed by atoms with E-state index in [9.17, 15) is 9.59 Å². The molecule has 0 aliphatic carbocycles. The first-order valence-corrected chi connectivity index (χ1v) is 10.7. The number of hydrogen-bond acceptors (Lipinski definition) is 3. The minimum absolute atomic E-state index is 0.0391. The van der Waals surface area contributed by atoms with E-state index in [0.29, 0.717) is 43.8 Å². The van der Waals surface area contributed by atoms with Gasteiger partial charge in [0, 0.05) is 36.6 Å². The van der Waals surface area contributed by atoms with Crippen molar-refractivity contribution in [3.8, 4) is 0 Å². The van der Waals surface area contributed by atoms with Crippen molar-refractivity contribution in [2.75, 3.05) is 13.1 Å². The van der Waals surface area contributed by atoms with Crippen LogP contribution >= 0.6 is 11.6 Å². The van der Waals surface area contributed by atoms with Gasteiger partial charge in [0.25, 0.3) is 0 Å². The molecule has 0 radical (unpaired) electrons. The van der Waals surface area contributed by atoms with Gasteiger partial charge in [-0.05, 0) is 55.5 Å². The molecular formula is C23H28ClN3O2. The van der Waals surface area contributed by atoms with Gasteiger partial charge >= 0.3 is 0 Å². The Balaban J connectivity index is 1.64. The molecule has 29 heavy (non-hydrogen) atoms. The fraction of sp³-hybridized carbons (Fsp3) is 0.435. The zero-order valence-electron chi connectivity index (χ0n) is 16.8. The molecule has 1 saturated heterocycles. The number of rotatable bonds is 7. The van der Waals surface area contributed by atoms with Crippen molar-refractivity contribution in [3.05, 3.63) is 64.9 Å². The lowest BCUT2D eigenvalue weighted by molar-refractivity contribution is -0.135. The zero-order valence-corrected chi connectivity index (χ0v) is 17.6. The summed E-state index contributed by atoms with van der Waals surface area (Å²) < 4.78 is 0. The molecule has 1 aromatic carbocycles. The minimum Gasteiger partial charge on any atom is -0.347 e. The van der Waals surface area contributed by atoms with Crippen LogP contribution < -0.4 is 5.32 Å². The van der Waals surface area contributed by atoms with Gasteiger partial charge in [-0.15, -0.1) is 0 Å². The van der Waals surface area contributed by atoms with Gasteiger partial charge in [-0.25, -0.2) is 0 Å². The molecule has 2 heterocycles. The molecule has 3 rings (SSSR count). The van der Waals surface area contributed by atoms with E-state index in [4.69, 9.17) is 11.6 Å². The van der Waals surface area contributed by atoms with Crippen molar-refractivity contribution in [3.63, 3.8) is 0 Å². The summed E-state index contributed by atoms with van der Waals surface area (Å²) in [7, 11) is 0. The zero-order chi connectivity index (χ0) is 20.6. The molecule has 154 valence electrons. The predicted octanol–water partition coefficient (Wildman–Crippen LogP) is 4.17. The fourth-order valence-corrected chi connectivity index (χ4v) is 3.85. The van der Waals surface area contributed by atoms with Gasteiger partial charge < -0.3 is 10.2 Å². The molecule has 1 aliphatic heterocycles. The average Bonchev–Trinajstić information content (AvgIpc) is 2.75. The number of carbonyl (C=O) groups excluding carboxylic acids is 2. The number of carbonyl (C=O) groups is 2. The van der Waals surface area contributed by atoms with Gasteiger partial charge in [0.1, 0.15) is 0 Å². The van der Waals surface area contributed by atoms with Crippen molar-refractivity contribution in [2.45, 2.75) is 45.1 Å². The lowest BCUT2D eigenvalue weighted by Crippen LogP contribution is -2.44. The second kappa shape index (κ2) is 10.4. The number of aromatic nitrogens is 1. The smallest absolute Gasteiger partial charge is 0.223 e. The standard InChI is InChI=1S/C23H28ClN3O2/c1-2-5-22(28)27-14-11-18(12-15-27)23(29)26-21(20-6-3-4-13-25-20)16-17-7-9-19(24)10-8-17/h3-4,6-10,13,18,21H,2,5,11-12,14-16H2,1H3,(H,26,29). The highest BCUT2D eigenvalue weighted by Crippen LogP contribution is 2.22. The summed E-state index contributed by atoms with van der Waals surface area (Å²) in [6.07, 6.45) is 5.24. The van der Waals surface area contributed by atoms with Gasteiger partial charge in [0.15, 0.2) is 0 Å². The molecule has 0 saturated carbocycles. The quantitative estimate of drug-likeness (QED) is 0.740. The van der Waals surface area contributed by atoms with Gasteiger partial charge in [-0.2, -0.15) is 0 Å². The van der Waals surface area contributed by atoms with E-state index < -0.39 is 0 Å². The van der Waals surface area contributed by atoms with Crippen molar-refractivity contribution >= 4 is 23.4 Å². The van der Waals surface area contributed by atoms with Crippen LogP contribution in [0.3, 0.4) is 0 Å². The van der Waals surface area contributed by atoms with E-state index in [1.807, 2.05) is 54.3 Å². The Morgan fingerprint density at radius 3 is 2.52 bits per heavy atom. The lowest BCUT2D eigenvalue weighted by atomic mass is 9.94. The summed E-state index contributed by atoms with van der Waals surface area (Å²) in [5.41, 5.74) is 1.93. The summed E-state index contributed by atoms with van der Waals surface area (Å²) in [5, 5.41) is 3.89. The third-order valence-electron chi connectivity index (χ3n) is 5.40. The number of benzene rings is 1. The molecule has 2 amide bonds. The summed E-state index contributed by atoms with van der Waals surface area (Å²) in [4.78, 5) is 31.4. The van der Waals surface area contributed by atoms with Gasteiger partial charge in [-0.3, -0.25) is 14.6 Å². The lowest BCUT2D eigenvalue weighted by Gasteiger charge is -2.32. The first-order valence-electron chi connectivity index (χ1n) is 10.3. The maximum Gasteiger partial charge on any atom is 0.223 e. The molecule has 2 aromatic rings. The van der Waals surface area contributed by atoms with Crippen LogP contribution in [0.15, 0.2) is 48.7 Å². The third-order valence-corrected chi connectivity index (χ3v) is 5.65. The summed E-state index contributed by atoms with van der Waals surface area (Å²) in [5.74, 6) is 0.162. The molecular weight excluding hydrogens is 386 g/mol. The molecule has 1 unspecified atom stereocenters. The van der Waals surface area contributed by atoms with E-state index in [2.05, 4.69) is 10.3 Å². The number of piperidine rings is 1.